The Labute approximate surface area is 166 Å². The Bertz CT molecular complexity index is 972. The van der Waals surface area contributed by atoms with Gasteiger partial charge in [0.1, 0.15) is 0 Å². The van der Waals surface area contributed by atoms with Gasteiger partial charge >= 0.3 is 12.0 Å². The molecule has 1 atom stereocenters. The molecule has 0 saturated heterocycles. The van der Waals surface area contributed by atoms with Crippen molar-refractivity contribution in [1.82, 2.24) is 20.8 Å². The molecule has 0 unspecified atom stereocenters. The Morgan fingerprint density at radius 2 is 1.79 bits per heavy atom. The summed E-state index contributed by atoms with van der Waals surface area (Å²) in [7, 11) is 0. The van der Waals surface area contributed by atoms with E-state index < -0.39 is 24.0 Å². The number of ether oxygens (including phenoxy) is 1. The zero-order valence-corrected chi connectivity index (χ0v) is 15.5. The molecule has 3 aromatic rings. The third kappa shape index (κ3) is 5.48. The van der Waals surface area contributed by atoms with Gasteiger partial charge in [0.25, 0.3) is 5.91 Å². The molecular formula is C20H18N4O5. The number of nitrogens with one attached hydrogen (secondary N) is 2. The summed E-state index contributed by atoms with van der Waals surface area (Å²) >= 11 is 0. The fraction of sp³-hybridized carbons (Fsp3) is 0.150. The highest BCUT2D eigenvalue weighted by Crippen LogP contribution is 2.17. The van der Waals surface area contributed by atoms with E-state index in [2.05, 4.69) is 20.8 Å². The molecule has 2 N–H and O–H groups in total. The summed E-state index contributed by atoms with van der Waals surface area (Å²) in [6.45, 7) is 1.64. The highest BCUT2D eigenvalue weighted by atomic mass is 16.5. The number of benzene rings is 2. The van der Waals surface area contributed by atoms with Crippen LogP contribution in [-0.4, -0.2) is 34.2 Å². The number of hydrogen-bond acceptors (Lipinski definition) is 7. The SMILES string of the molecule is C[C@H](OC(=O)c1ccc(-c2nnco2)cc1)C(=O)NC(=O)NCc1ccccc1. The summed E-state index contributed by atoms with van der Waals surface area (Å²) in [5, 5.41) is 12.1. The van der Waals surface area contributed by atoms with Gasteiger partial charge in [0, 0.05) is 12.1 Å². The standard InChI is InChI=1S/C20H18N4O5/c1-13(17(25)23-20(27)21-11-14-5-3-2-4-6-14)29-19(26)16-9-7-15(8-10-16)18-24-22-12-28-18/h2-10,12-13H,11H2,1H3,(H2,21,23,25,27)/t13-/m0/s1. The lowest BCUT2D eigenvalue weighted by Gasteiger charge is -2.13. The van der Waals surface area contributed by atoms with Crippen LogP contribution in [0.4, 0.5) is 4.79 Å². The van der Waals surface area contributed by atoms with Crippen LogP contribution in [0.5, 0.6) is 0 Å². The van der Waals surface area contributed by atoms with E-state index in [4.69, 9.17) is 9.15 Å². The summed E-state index contributed by atoms with van der Waals surface area (Å²) in [5.74, 6) is -1.11. The molecule has 2 aromatic carbocycles. The van der Waals surface area contributed by atoms with Crippen molar-refractivity contribution in [3.05, 3.63) is 72.1 Å². The fourth-order valence-corrected chi connectivity index (χ4v) is 2.37. The second kappa shape index (κ2) is 9.27. The summed E-state index contributed by atoms with van der Waals surface area (Å²) in [6.07, 6.45) is 0.0500. The molecule has 0 aliphatic carbocycles. The number of urea groups is 1. The molecule has 0 radical (unpaired) electrons. The zero-order valence-electron chi connectivity index (χ0n) is 15.5. The maximum atomic E-state index is 12.2. The van der Waals surface area contributed by atoms with Crippen molar-refractivity contribution in [2.24, 2.45) is 0 Å². The van der Waals surface area contributed by atoms with E-state index >= 15 is 0 Å². The first-order chi connectivity index (χ1) is 14.0. The van der Waals surface area contributed by atoms with Crippen molar-refractivity contribution in [2.75, 3.05) is 0 Å². The van der Waals surface area contributed by atoms with E-state index in [1.165, 1.54) is 25.5 Å². The monoisotopic (exact) mass is 394 g/mol. The van der Waals surface area contributed by atoms with Crippen LogP contribution >= 0.6 is 0 Å². The highest BCUT2D eigenvalue weighted by molar-refractivity contribution is 5.98. The number of amides is 3. The van der Waals surface area contributed by atoms with Gasteiger partial charge in [0.2, 0.25) is 12.3 Å². The van der Waals surface area contributed by atoms with Gasteiger partial charge in [-0.05, 0) is 36.8 Å². The maximum Gasteiger partial charge on any atom is 0.338 e. The Balaban J connectivity index is 1.48. The Morgan fingerprint density at radius 1 is 1.07 bits per heavy atom. The minimum atomic E-state index is -1.15. The molecule has 0 fully saturated rings. The molecule has 3 rings (SSSR count). The third-order valence-corrected chi connectivity index (χ3v) is 3.91. The second-order valence-corrected chi connectivity index (χ2v) is 6.03. The van der Waals surface area contributed by atoms with Crippen LogP contribution in [0.2, 0.25) is 0 Å². The summed E-state index contributed by atoms with van der Waals surface area (Å²) in [6, 6.07) is 14.8. The lowest BCUT2D eigenvalue weighted by Crippen LogP contribution is -2.44. The van der Waals surface area contributed by atoms with Crippen LogP contribution in [0.25, 0.3) is 11.5 Å². The number of imide groups is 1. The normalized spacial score (nSPS) is 11.3. The molecular weight excluding hydrogens is 376 g/mol. The number of esters is 1. The van der Waals surface area contributed by atoms with Crippen LogP contribution in [0.15, 0.2) is 65.4 Å². The first-order valence-corrected chi connectivity index (χ1v) is 8.73. The van der Waals surface area contributed by atoms with Crippen LogP contribution in [0.3, 0.4) is 0 Å². The Morgan fingerprint density at radius 3 is 2.45 bits per heavy atom. The lowest BCUT2D eigenvalue weighted by molar-refractivity contribution is -0.127. The quantitative estimate of drug-likeness (QED) is 0.615. The molecule has 0 saturated carbocycles. The van der Waals surface area contributed by atoms with Crippen molar-refractivity contribution in [2.45, 2.75) is 19.6 Å². The highest BCUT2D eigenvalue weighted by Gasteiger charge is 2.21. The zero-order chi connectivity index (χ0) is 20.6. The van der Waals surface area contributed by atoms with E-state index in [0.717, 1.165) is 5.56 Å². The second-order valence-electron chi connectivity index (χ2n) is 6.03. The van der Waals surface area contributed by atoms with Gasteiger partial charge in [-0.1, -0.05) is 30.3 Å². The molecule has 0 bridgehead atoms. The van der Waals surface area contributed by atoms with Gasteiger partial charge in [-0.25, -0.2) is 9.59 Å². The van der Waals surface area contributed by atoms with Crippen LogP contribution in [-0.2, 0) is 16.1 Å². The number of rotatable bonds is 6. The predicted molar refractivity (Wildman–Crippen MR) is 101 cm³/mol. The smallest absolute Gasteiger partial charge is 0.338 e. The average Bonchev–Trinajstić information content (AvgIpc) is 3.28. The van der Waals surface area contributed by atoms with Crippen molar-refractivity contribution < 1.29 is 23.5 Å². The summed E-state index contributed by atoms with van der Waals surface area (Å²) in [5.41, 5.74) is 1.76. The molecule has 3 amide bonds. The van der Waals surface area contributed by atoms with E-state index in [9.17, 15) is 14.4 Å². The summed E-state index contributed by atoms with van der Waals surface area (Å²) < 4.78 is 10.2. The number of nitrogens with zero attached hydrogens (tertiary/aromatic N) is 2. The van der Waals surface area contributed by atoms with Crippen LogP contribution < -0.4 is 10.6 Å². The van der Waals surface area contributed by atoms with E-state index in [1.807, 2.05) is 30.3 Å². The molecule has 148 valence electrons. The molecule has 0 aliphatic heterocycles. The fourth-order valence-electron chi connectivity index (χ4n) is 2.37. The lowest BCUT2D eigenvalue weighted by atomic mass is 10.1. The van der Waals surface area contributed by atoms with Gasteiger partial charge in [-0.2, -0.15) is 0 Å². The molecule has 1 aromatic heterocycles. The topological polar surface area (TPSA) is 123 Å². The van der Waals surface area contributed by atoms with Gasteiger partial charge in [0.15, 0.2) is 6.10 Å². The van der Waals surface area contributed by atoms with Gasteiger partial charge in [-0.3, -0.25) is 10.1 Å². The van der Waals surface area contributed by atoms with E-state index in [-0.39, 0.29) is 12.1 Å². The first-order valence-electron chi connectivity index (χ1n) is 8.73. The van der Waals surface area contributed by atoms with Crippen molar-refractivity contribution in [3.8, 4) is 11.5 Å². The van der Waals surface area contributed by atoms with Gasteiger partial charge < -0.3 is 14.5 Å². The number of carbonyl (C=O) groups excluding carboxylic acids is 3. The molecule has 0 aliphatic rings. The third-order valence-electron chi connectivity index (χ3n) is 3.91. The van der Waals surface area contributed by atoms with Gasteiger partial charge in [0.05, 0.1) is 5.56 Å². The van der Waals surface area contributed by atoms with Crippen molar-refractivity contribution in [3.63, 3.8) is 0 Å². The largest absolute Gasteiger partial charge is 0.449 e. The van der Waals surface area contributed by atoms with Crippen LogP contribution in [0.1, 0.15) is 22.8 Å². The number of hydrogen-bond donors (Lipinski definition) is 2. The maximum absolute atomic E-state index is 12.2. The van der Waals surface area contributed by atoms with E-state index in [0.29, 0.717) is 11.5 Å². The molecule has 9 heteroatoms. The minimum absolute atomic E-state index is 0.237. The van der Waals surface area contributed by atoms with Crippen molar-refractivity contribution in [1.29, 1.82) is 0 Å². The van der Waals surface area contributed by atoms with Gasteiger partial charge in [-0.15, -0.1) is 10.2 Å². The van der Waals surface area contributed by atoms with Crippen molar-refractivity contribution >= 4 is 17.9 Å². The summed E-state index contributed by atoms with van der Waals surface area (Å²) in [4.78, 5) is 36.1. The molecule has 1 heterocycles. The number of carbonyl (C=O) groups is 3. The Hall–Kier alpha value is -4.01. The van der Waals surface area contributed by atoms with Crippen LogP contribution in [0, 0.1) is 0 Å². The van der Waals surface area contributed by atoms with E-state index in [1.54, 1.807) is 12.1 Å². The minimum Gasteiger partial charge on any atom is -0.449 e. The molecule has 29 heavy (non-hydrogen) atoms. The molecule has 9 nitrogen and oxygen atoms in total. The first kappa shape index (κ1) is 19.7. The average molecular weight is 394 g/mol. The number of aromatic nitrogens is 2. The molecule has 0 spiro atoms. The Kier molecular flexibility index (Phi) is 6.31. The predicted octanol–water partition coefficient (Wildman–Crippen LogP) is 2.31.